The monoisotopic (exact) mass is 398 g/mol. The highest BCUT2D eigenvalue weighted by atomic mass is 16.7. The minimum atomic E-state index is -1.60. The first-order valence-electron chi connectivity index (χ1n) is 8.63. The summed E-state index contributed by atoms with van der Waals surface area (Å²) < 4.78 is 21.9. The molecule has 0 amide bonds. The Labute approximate surface area is 159 Å². The molecule has 3 rings (SSSR count). The van der Waals surface area contributed by atoms with Crippen molar-refractivity contribution in [1.29, 1.82) is 0 Å². The van der Waals surface area contributed by atoms with Crippen LogP contribution in [0.1, 0.15) is 12.0 Å². The molecule has 2 heterocycles. The predicted molar refractivity (Wildman–Crippen MR) is 93.1 cm³/mol. The molecule has 0 radical (unpaired) electrons. The second kappa shape index (κ2) is 8.33. The number of fused-ring (bicyclic) bond motifs is 1. The first kappa shape index (κ1) is 20.4. The number of furan rings is 1. The van der Waals surface area contributed by atoms with Gasteiger partial charge in [0, 0.05) is 17.4 Å². The molecule has 10 heteroatoms. The van der Waals surface area contributed by atoms with Gasteiger partial charge in [-0.3, -0.25) is 4.79 Å². The number of carboxylic acid groups (broad SMARTS) is 1. The van der Waals surface area contributed by atoms with Crippen molar-refractivity contribution in [3.8, 4) is 11.5 Å². The fourth-order valence-corrected chi connectivity index (χ4v) is 3.17. The van der Waals surface area contributed by atoms with Crippen LogP contribution in [-0.4, -0.2) is 75.9 Å². The normalized spacial score (nSPS) is 27.7. The largest absolute Gasteiger partial charge is 0.492 e. The van der Waals surface area contributed by atoms with Crippen molar-refractivity contribution in [2.24, 2.45) is 0 Å². The van der Waals surface area contributed by atoms with Crippen LogP contribution in [0.5, 0.6) is 11.5 Å². The Balaban J connectivity index is 1.98. The molecular formula is C18H22O10. The minimum Gasteiger partial charge on any atom is -0.492 e. The second-order valence-electron chi connectivity index (χ2n) is 6.43. The minimum absolute atomic E-state index is 0.0436. The number of aliphatic carboxylic acids is 1. The molecule has 28 heavy (non-hydrogen) atoms. The summed E-state index contributed by atoms with van der Waals surface area (Å²) in [6.07, 6.45) is -5.99. The van der Waals surface area contributed by atoms with Gasteiger partial charge in [-0.1, -0.05) is 0 Å². The van der Waals surface area contributed by atoms with Gasteiger partial charge in [-0.15, -0.1) is 0 Å². The average Bonchev–Trinajstić information content (AvgIpc) is 3.14. The van der Waals surface area contributed by atoms with Gasteiger partial charge in [0.25, 0.3) is 0 Å². The molecular weight excluding hydrogens is 376 g/mol. The van der Waals surface area contributed by atoms with Gasteiger partial charge in [0.15, 0.2) is 11.3 Å². The lowest BCUT2D eigenvalue weighted by molar-refractivity contribution is -0.277. The molecule has 5 atom stereocenters. The highest BCUT2D eigenvalue weighted by Crippen LogP contribution is 2.39. The number of rotatable bonds is 7. The van der Waals surface area contributed by atoms with Gasteiger partial charge in [0.05, 0.1) is 20.0 Å². The lowest BCUT2D eigenvalue weighted by atomic mass is 9.99. The van der Waals surface area contributed by atoms with E-state index in [9.17, 15) is 25.2 Å². The predicted octanol–water partition coefficient (Wildman–Crippen LogP) is -0.363. The van der Waals surface area contributed by atoms with E-state index in [4.69, 9.17) is 23.7 Å². The summed E-state index contributed by atoms with van der Waals surface area (Å²) in [4.78, 5) is 11.0. The van der Waals surface area contributed by atoms with Crippen LogP contribution in [0.25, 0.3) is 11.0 Å². The Bertz CT molecular complexity index is 829. The standard InChI is InChI=1S/C18H22O10/c1-25-17-9(2-3-12(20)21)10(6-8-4-5-26-16(8)17)27-18-15(24)14(23)13(22)11(7-19)28-18/h4-6,11,13-15,18-19,22-24H,2-3,7H2,1H3,(H,20,21)/t11-,13-,14+,15-,18+/m1/s1. The van der Waals surface area contributed by atoms with Crippen molar-refractivity contribution in [3.05, 3.63) is 24.0 Å². The van der Waals surface area contributed by atoms with Gasteiger partial charge in [-0.25, -0.2) is 0 Å². The fraction of sp³-hybridized carbons (Fsp3) is 0.500. The zero-order valence-electron chi connectivity index (χ0n) is 15.0. The number of methoxy groups -OCH3 is 1. The summed E-state index contributed by atoms with van der Waals surface area (Å²) >= 11 is 0. The molecule has 0 aliphatic carbocycles. The van der Waals surface area contributed by atoms with Crippen molar-refractivity contribution in [2.45, 2.75) is 43.5 Å². The zero-order valence-corrected chi connectivity index (χ0v) is 15.0. The smallest absolute Gasteiger partial charge is 0.303 e. The molecule has 2 aromatic rings. The number of ether oxygens (including phenoxy) is 3. The summed E-state index contributed by atoms with van der Waals surface area (Å²) in [5.74, 6) is -0.583. The SMILES string of the molecule is COc1c(CCC(=O)O)c(O[C@H]2O[C@H](CO)[C@@H](O)[C@H](O)[C@H]2O)cc2ccoc12. The van der Waals surface area contributed by atoms with Crippen LogP contribution in [0.15, 0.2) is 22.8 Å². The van der Waals surface area contributed by atoms with Gasteiger partial charge in [0.2, 0.25) is 6.29 Å². The maximum atomic E-state index is 11.0. The maximum absolute atomic E-state index is 11.0. The molecule has 1 fully saturated rings. The molecule has 1 aliphatic heterocycles. The van der Waals surface area contributed by atoms with Gasteiger partial charge in [-0.05, 0) is 18.6 Å². The molecule has 1 aromatic carbocycles. The quantitative estimate of drug-likeness (QED) is 0.417. The van der Waals surface area contributed by atoms with E-state index in [0.29, 0.717) is 16.5 Å². The summed E-state index contributed by atoms with van der Waals surface area (Å²) in [6.45, 7) is -0.596. The van der Waals surface area contributed by atoms with E-state index in [1.807, 2.05) is 0 Å². The summed E-state index contributed by atoms with van der Waals surface area (Å²) in [5.41, 5.74) is 0.786. The van der Waals surface area contributed by atoms with E-state index >= 15 is 0 Å². The molecule has 1 aliphatic rings. The highest BCUT2D eigenvalue weighted by molar-refractivity contribution is 5.87. The van der Waals surface area contributed by atoms with Gasteiger partial charge < -0.3 is 44.2 Å². The fourth-order valence-electron chi connectivity index (χ4n) is 3.17. The Morgan fingerprint density at radius 3 is 2.61 bits per heavy atom. The van der Waals surface area contributed by atoms with Gasteiger partial charge >= 0.3 is 5.97 Å². The summed E-state index contributed by atoms with van der Waals surface area (Å²) in [5, 5.41) is 49.0. The van der Waals surface area contributed by atoms with Crippen LogP contribution in [0.3, 0.4) is 0 Å². The molecule has 0 saturated carbocycles. The summed E-state index contributed by atoms with van der Waals surface area (Å²) in [7, 11) is 1.40. The van der Waals surface area contributed by atoms with Crippen LogP contribution < -0.4 is 9.47 Å². The molecule has 5 N–H and O–H groups in total. The number of hydrogen-bond donors (Lipinski definition) is 5. The van der Waals surface area contributed by atoms with Crippen LogP contribution in [0.2, 0.25) is 0 Å². The number of carbonyl (C=O) groups is 1. The van der Waals surface area contributed by atoms with E-state index in [1.165, 1.54) is 13.4 Å². The van der Waals surface area contributed by atoms with Crippen LogP contribution in [0.4, 0.5) is 0 Å². The first-order valence-corrected chi connectivity index (χ1v) is 8.63. The number of aliphatic hydroxyl groups is 4. The lowest BCUT2D eigenvalue weighted by Crippen LogP contribution is -2.60. The number of benzene rings is 1. The highest BCUT2D eigenvalue weighted by Gasteiger charge is 2.45. The van der Waals surface area contributed by atoms with Gasteiger partial charge in [0.1, 0.15) is 30.2 Å². The number of hydrogen-bond acceptors (Lipinski definition) is 9. The Morgan fingerprint density at radius 1 is 1.21 bits per heavy atom. The maximum Gasteiger partial charge on any atom is 0.303 e. The lowest BCUT2D eigenvalue weighted by Gasteiger charge is -2.39. The van der Waals surface area contributed by atoms with E-state index in [2.05, 4.69) is 0 Å². The molecule has 0 spiro atoms. The molecule has 0 bridgehead atoms. The number of aliphatic hydroxyl groups excluding tert-OH is 4. The van der Waals surface area contributed by atoms with E-state index in [0.717, 1.165) is 0 Å². The number of carboxylic acids is 1. The van der Waals surface area contributed by atoms with E-state index in [1.54, 1.807) is 12.1 Å². The molecule has 1 saturated heterocycles. The molecule has 0 unspecified atom stereocenters. The van der Waals surface area contributed by atoms with Crippen molar-refractivity contribution in [3.63, 3.8) is 0 Å². The van der Waals surface area contributed by atoms with Crippen molar-refractivity contribution in [1.82, 2.24) is 0 Å². The topological polar surface area (TPSA) is 159 Å². The Hall–Kier alpha value is -2.37. The third kappa shape index (κ3) is 3.77. The van der Waals surface area contributed by atoms with E-state index < -0.39 is 43.3 Å². The van der Waals surface area contributed by atoms with Crippen LogP contribution in [-0.2, 0) is 16.0 Å². The summed E-state index contributed by atoms with van der Waals surface area (Å²) in [6, 6.07) is 3.22. The third-order valence-electron chi connectivity index (χ3n) is 4.64. The molecule has 10 nitrogen and oxygen atoms in total. The Morgan fingerprint density at radius 2 is 1.96 bits per heavy atom. The molecule has 154 valence electrons. The van der Waals surface area contributed by atoms with E-state index in [-0.39, 0.29) is 24.3 Å². The van der Waals surface area contributed by atoms with Gasteiger partial charge in [-0.2, -0.15) is 0 Å². The second-order valence-corrected chi connectivity index (χ2v) is 6.43. The van der Waals surface area contributed by atoms with Crippen molar-refractivity contribution in [2.75, 3.05) is 13.7 Å². The first-order chi connectivity index (χ1) is 13.4. The Kier molecular flexibility index (Phi) is 6.06. The van der Waals surface area contributed by atoms with Crippen molar-refractivity contribution >= 4 is 16.9 Å². The molecule has 1 aromatic heterocycles. The average molecular weight is 398 g/mol. The van der Waals surface area contributed by atoms with Crippen molar-refractivity contribution < 1.29 is 49.0 Å². The zero-order chi connectivity index (χ0) is 20.4. The third-order valence-corrected chi connectivity index (χ3v) is 4.64. The van der Waals surface area contributed by atoms with Crippen LogP contribution in [0, 0.1) is 0 Å². The van der Waals surface area contributed by atoms with Crippen LogP contribution >= 0.6 is 0 Å².